The SMILES string of the molecule is CCOC(OCC)C(=O)Nc1cccnc1CC(=O)O. The van der Waals surface area contributed by atoms with Crippen LogP contribution in [0.3, 0.4) is 0 Å². The van der Waals surface area contributed by atoms with Crippen LogP contribution in [0.1, 0.15) is 19.5 Å². The average molecular weight is 282 g/mol. The van der Waals surface area contributed by atoms with Gasteiger partial charge in [0.2, 0.25) is 6.29 Å². The Hall–Kier alpha value is -1.99. The number of carbonyl (C=O) groups is 2. The molecule has 20 heavy (non-hydrogen) atoms. The summed E-state index contributed by atoms with van der Waals surface area (Å²) >= 11 is 0. The number of ether oxygens (including phenoxy) is 2. The molecule has 1 aromatic rings. The van der Waals surface area contributed by atoms with Gasteiger partial charge in [0.05, 0.1) is 17.8 Å². The van der Waals surface area contributed by atoms with Gasteiger partial charge in [-0.1, -0.05) is 0 Å². The Balaban J connectivity index is 2.80. The highest BCUT2D eigenvalue weighted by Crippen LogP contribution is 2.14. The maximum Gasteiger partial charge on any atom is 0.309 e. The Morgan fingerprint density at radius 2 is 2.00 bits per heavy atom. The first-order valence-electron chi connectivity index (χ1n) is 6.28. The van der Waals surface area contributed by atoms with E-state index in [1.165, 1.54) is 6.20 Å². The fourth-order valence-corrected chi connectivity index (χ4v) is 1.53. The van der Waals surface area contributed by atoms with Crippen LogP contribution < -0.4 is 5.32 Å². The number of carboxylic acids is 1. The number of aliphatic carboxylic acids is 1. The minimum absolute atomic E-state index is 0.273. The molecule has 0 saturated heterocycles. The molecule has 7 heteroatoms. The van der Waals surface area contributed by atoms with Gasteiger partial charge in [-0.2, -0.15) is 0 Å². The molecule has 0 aliphatic heterocycles. The van der Waals surface area contributed by atoms with Crippen LogP contribution in [0.25, 0.3) is 0 Å². The van der Waals surface area contributed by atoms with Crippen LogP contribution >= 0.6 is 0 Å². The third kappa shape index (κ3) is 4.94. The number of rotatable bonds is 8. The van der Waals surface area contributed by atoms with Crippen LogP contribution in [-0.4, -0.2) is 41.5 Å². The number of carbonyl (C=O) groups excluding carboxylic acids is 1. The Kier molecular flexibility index (Phi) is 6.61. The molecule has 1 aromatic heterocycles. The van der Waals surface area contributed by atoms with Gasteiger partial charge in [0, 0.05) is 19.4 Å². The molecule has 2 N–H and O–H groups in total. The normalized spacial score (nSPS) is 10.6. The molecule has 7 nitrogen and oxygen atoms in total. The lowest BCUT2D eigenvalue weighted by molar-refractivity contribution is -0.164. The second-order valence-corrected chi connectivity index (χ2v) is 3.80. The molecular formula is C13H18N2O5. The molecule has 0 spiro atoms. The van der Waals surface area contributed by atoms with Gasteiger partial charge in [-0.05, 0) is 26.0 Å². The van der Waals surface area contributed by atoms with Crippen LogP contribution in [-0.2, 0) is 25.5 Å². The number of hydrogen-bond acceptors (Lipinski definition) is 5. The van der Waals surface area contributed by atoms with Gasteiger partial charge >= 0.3 is 5.97 Å². The molecule has 0 fully saturated rings. The predicted octanol–water partition coefficient (Wildman–Crippen LogP) is 1.05. The van der Waals surface area contributed by atoms with Crippen molar-refractivity contribution in [3.63, 3.8) is 0 Å². The van der Waals surface area contributed by atoms with Crippen LogP contribution in [0.4, 0.5) is 5.69 Å². The monoisotopic (exact) mass is 282 g/mol. The molecular weight excluding hydrogens is 264 g/mol. The molecule has 0 atom stereocenters. The number of hydrogen-bond donors (Lipinski definition) is 2. The summed E-state index contributed by atoms with van der Waals surface area (Å²) < 4.78 is 10.3. The van der Waals surface area contributed by atoms with Gasteiger partial charge < -0.3 is 19.9 Å². The van der Waals surface area contributed by atoms with E-state index in [4.69, 9.17) is 14.6 Å². The summed E-state index contributed by atoms with van der Waals surface area (Å²) in [7, 11) is 0. The van der Waals surface area contributed by atoms with E-state index in [9.17, 15) is 9.59 Å². The van der Waals surface area contributed by atoms with Crippen molar-refractivity contribution in [2.45, 2.75) is 26.6 Å². The second-order valence-electron chi connectivity index (χ2n) is 3.80. The largest absolute Gasteiger partial charge is 0.481 e. The first-order chi connectivity index (χ1) is 9.58. The van der Waals surface area contributed by atoms with E-state index in [0.29, 0.717) is 18.9 Å². The summed E-state index contributed by atoms with van der Waals surface area (Å²) in [6, 6.07) is 3.19. The quantitative estimate of drug-likeness (QED) is 0.691. The van der Waals surface area contributed by atoms with E-state index in [1.807, 2.05) is 0 Å². The van der Waals surface area contributed by atoms with Gasteiger partial charge in [0.15, 0.2) is 0 Å². The predicted molar refractivity (Wildman–Crippen MR) is 71.2 cm³/mol. The number of nitrogens with zero attached hydrogens (tertiary/aromatic N) is 1. The van der Waals surface area contributed by atoms with Crippen LogP contribution in [0.15, 0.2) is 18.3 Å². The van der Waals surface area contributed by atoms with Gasteiger partial charge in [0.1, 0.15) is 0 Å². The minimum Gasteiger partial charge on any atom is -0.481 e. The van der Waals surface area contributed by atoms with Gasteiger partial charge in [-0.25, -0.2) is 0 Å². The molecule has 0 aliphatic carbocycles. The van der Waals surface area contributed by atoms with Crippen molar-refractivity contribution >= 4 is 17.6 Å². The van der Waals surface area contributed by atoms with Gasteiger partial charge in [0.25, 0.3) is 5.91 Å². The van der Waals surface area contributed by atoms with Crippen LogP contribution in [0.5, 0.6) is 0 Å². The highest BCUT2D eigenvalue weighted by atomic mass is 16.7. The third-order valence-electron chi connectivity index (χ3n) is 2.32. The number of carboxylic acid groups (broad SMARTS) is 1. The highest BCUT2D eigenvalue weighted by molar-refractivity contribution is 5.94. The number of pyridine rings is 1. The first kappa shape index (κ1) is 16.1. The van der Waals surface area contributed by atoms with Crippen molar-refractivity contribution in [1.29, 1.82) is 0 Å². The number of amides is 1. The third-order valence-corrected chi connectivity index (χ3v) is 2.32. The van der Waals surface area contributed by atoms with E-state index in [2.05, 4.69) is 10.3 Å². The van der Waals surface area contributed by atoms with E-state index < -0.39 is 18.2 Å². The fourth-order valence-electron chi connectivity index (χ4n) is 1.53. The fraction of sp³-hybridized carbons (Fsp3) is 0.462. The van der Waals surface area contributed by atoms with Crippen molar-refractivity contribution in [2.75, 3.05) is 18.5 Å². The molecule has 1 amide bonds. The molecule has 1 rings (SSSR count). The second kappa shape index (κ2) is 8.23. The van der Waals surface area contributed by atoms with Crippen molar-refractivity contribution in [3.05, 3.63) is 24.0 Å². The van der Waals surface area contributed by atoms with E-state index in [1.54, 1.807) is 26.0 Å². The Morgan fingerprint density at radius 1 is 1.35 bits per heavy atom. The van der Waals surface area contributed by atoms with Crippen molar-refractivity contribution < 1.29 is 24.2 Å². The highest BCUT2D eigenvalue weighted by Gasteiger charge is 2.20. The summed E-state index contributed by atoms with van der Waals surface area (Å²) in [5.41, 5.74) is 0.615. The smallest absolute Gasteiger partial charge is 0.309 e. The summed E-state index contributed by atoms with van der Waals surface area (Å²) in [4.78, 5) is 26.7. The van der Waals surface area contributed by atoms with E-state index in [0.717, 1.165) is 0 Å². The molecule has 0 aliphatic rings. The molecule has 0 unspecified atom stereocenters. The van der Waals surface area contributed by atoms with Crippen LogP contribution in [0, 0.1) is 0 Å². The lowest BCUT2D eigenvalue weighted by atomic mass is 10.2. The van der Waals surface area contributed by atoms with Crippen molar-refractivity contribution in [3.8, 4) is 0 Å². The number of nitrogens with one attached hydrogen (secondary N) is 1. The minimum atomic E-state index is -1.03. The van der Waals surface area contributed by atoms with Crippen molar-refractivity contribution in [1.82, 2.24) is 4.98 Å². The molecule has 0 aromatic carbocycles. The Labute approximate surface area is 116 Å². The average Bonchev–Trinajstić information content (AvgIpc) is 2.40. The van der Waals surface area contributed by atoms with Crippen molar-refractivity contribution in [2.24, 2.45) is 0 Å². The standard InChI is InChI=1S/C13H18N2O5/c1-3-19-13(20-4-2)12(18)15-9-6-5-7-14-10(9)8-11(16)17/h5-7,13H,3-4,8H2,1-2H3,(H,15,18)(H,16,17). The molecule has 1 heterocycles. The zero-order valence-electron chi connectivity index (χ0n) is 11.5. The number of aromatic nitrogens is 1. The topological polar surface area (TPSA) is 97.8 Å². The summed E-state index contributed by atoms with van der Waals surface area (Å²) in [5, 5.41) is 11.4. The summed E-state index contributed by atoms with van der Waals surface area (Å²) in [5.74, 6) is -1.52. The van der Waals surface area contributed by atoms with E-state index in [-0.39, 0.29) is 12.1 Å². The lowest BCUT2D eigenvalue weighted by Gasteiger charge is -2.17. The summed E-state index contributed by atoms with van der Waals surface area (Å²) in [6.07, 6.45) is 0.170. The molecule has 0 bridgehead atoms. The Morgan fingerprint density at radius 3 is 2.55 bits per heavy atom. The molecule has 0 radical (unpaired) electrons. The summed E-state index contributed by atoms with van der Waals surface area (Å²) in [6.45, 7) is 4.15. The van der Waals surface area contributed by atoms with Gasteiger partial charge in [-0.15, -0.1) is 0 Å². The zero-order chi connectivity index (χ0) is 15.0. The Bertz CT molecular complexity index is 458. The molecule has 110 valence electrons. The van der Waals surface area contributed by atoms with Crippen LogP contribution in [0.2, 0.25) is 0 Å². The lowest BCUT2D eigenvalue weighted by Crippen LogP contribution is -2.33. The number of anilines is 1. The maximum atomic E-state index is 12.0. The van der Waals surface area contributed by atoms with Gasteiger partial charge in [-0.3, -0.25) is 14.6 Å². The molecule has 0 saturated carbocycles. The zero-order valence-corrected chi connectivity index (χ0v) is 11.5. The van der Waals surface area contributed by atoms with E-state index >= 15 is 0 Å². The maximum absolute atomic E-state index is 12.0. The first-order valence-corrected chi connectivity index (χ1v) is 6.28.